The Morgan fingerprint density at radius 3 is 2.29 bits per heavy atom. The SMILES string of the molecule is CCC(=O)c1ccc(N(C)C)c(C(F)(F)F)c1. The van der Waals surface area contributed by atoms with Gasteiger partial charge in [-0.3, -0.25) is 4.79 Å². The van der Waals surface area contributed by atoms with E-state index in [1.54, 1.807) is 6.92 Å². The van der Waals surface area contributed by atoms with Crippen molar-refractivity contribution >= 4 is 11.5 Å². The van der Waals surface area contributed by atoms with E-state index in [4.69, 9.17) is 0 Å². The summed E-state index contributed by atoms with van der Waals surface area (Å²) in [5.41, 5.74) is -0.614. The minimum absolute atomic E-state index is 0.0603. The Labute approximate surface area is 98.0 Å². The molecule has 0 fully saturated rings. The van der Waals surface area contributed by atoms with Gasteiger partial charge in [0, 0.05) is 31.8 Å². The highest BCUT2D eigenvalue weighted by molar-refractivity contribution is 5.96. The third-order valence-electron chi connectivity index (χ3n) is 2.43. The van der Waals surface area contributed by atoms with Crippen LogP contribution in [-0.4, -0.2) is 19.9 Å². The van der Waals surface area contributed by atoms with Crippen LogP contribution in [0.25, 0.3) is 0 Å². The first-order valence-corrected chi connectivity index (χ1v) is 5.19. The highest BCUT2D eigenvalue weighted by Crippen LogP contribution is 2.36. The summed E-state index contributed by atoms with van der Waals surface area (Å²) < 4.78 is 38.5. The summed E-state index contributed by atoms with van der Waals surface area (Å²) in [5.74, 6) is -0.291. The molecule has 0 saturated carbocycles. The molecule has 0 aliphatic carbocycles. The molecule has 1 aromatic rings. The molecule has 0 amide bonds. The monoisotopic (exact) mass is 245 g/mol. The fourth-order valence-electron chi connectivity index (χ4n) is 1.53. The molecular formula is C12H14F3NO. The van der Waals surface area contributed by atoms with E-state index < -0.39 is 11.7 Å². The summed E-state index contributed by atoms with van der Waals surface area (Å²) in [5, 5.41) is 0. The van der Waals surface area contributed by atoms with E-state index in [0.29, 0.717) is 0 Å². The number of ketones is 1. The molecule has 0 unspecified atom stereocenters. The smallest absolute Gasteiger partial charge is 0.377 e. The molecule has 0 radical (unpaired) electrons. The minimum Gasteiger partial charge on any atom is -0.377 e. The van der Waals surface area contributed by atoms with Gasteiger partial charge in [-0.1, -0.05) is 6.92 Å². The van der Waals surface area contributed by atoms with Gasteiger partial charge < -0.3 is 4.90 Å². The Morgan fingerprint density at radius 1 is 1.29 bits per heavy atom. The zero-order valence-corrected chi connectivity index (χ0v) is 9.93. The van der Waals surface area contributed by atoms with Gasteiger partial charge in [0.25, 0.3) is 0 Å². The van der Waals surface area contributed by atoms with Gasteiger partial charge in [0.2, 0.25) is 0 Å². The van der Waals surface area contributed by atoms with Crippen molar-refractivity contribution in [2.45, 2.75) is 19.5 Å². The molecule has 94 valence electrons. The fourth-order valence-corrected chi connectivity index (χ4v) is 1.53. The number of nitrogens with zero attached hydrogens (tertiary/aromatic N) is 1. The van der Waals surface area contributed by atoms with Gasteiger partial charge in [-0.15, -0.1) is 0 Å². The third-order valence-corrected chi connectivity index (χ3v) is 2.43. The molecule has 1 rings (SSSR count). The maximum Gasteiger partial charge on any atom is 0.418 e. The lowest BCUT2D eigenvalue weighted by Crippen LogP contribution is -2.17. The van der Waals surface area contributed by atoms with E-state index in [9.17, 15) is 18.0 Å². The van der Waals surface area contributed by atoms with Gasteiger partial charge in [-0.25, -0.2) is 0 Å². The second-order valence-electron chi connectivity index (χ2n) is 3.90. The number of rotatable bonds is 3. The third kappa shape index (κ3) is 2.99. The van der Waals surface area contributed by atoms with Crippen LogP contribution in [0.15, 0.2) is 18.2 Å². The number of anilines is 1. The van der Waals surface area contributed by atoms with Crippen LogP contribution in [0.1, 0.15) is 29.3 Å². The predicted molar refractivity (Wildman–Crippen MR) is 60.4 cm³/mol. The summed E-state index contributed by atoms with van der Waals surface area (Å²) in [6.45, 7) is 1.62. The lowest BCUT2D eigenvalue weighted by atomic mass is 10.0. The van der Waals surface area contributed by atoms with E-state index in [1.807, 2.05) is 0 Å². The molecule has 0 heterocycles. The van der Waals surface area contributed by atoms with Gasteiger partial charge in [0.05, 0.1) is 5.56 Å². The molecule has 1 aromatic carbocycles. The zero-order chi connectivity index (χ0) is 13.2. The van der Waals surface area contributed by atoms with Crippen LogP contribution in [0.5, 0.6) is 0 Å². The average molecular weight is 245 g/mol. The first-order chi connectivity index (χ1) is 7.77. The van der Waals surface area contributed by atoms with Crippen molar-refractivity contribution in [1.29, 1.82) is 0 Å². The van der Waals surface area contributed by atoms with Crippen LogP contribution in [0.4, 0.5) is 18.9 Å². The predicted octanol–water partition coefficient (Wildman–Crippen LogP) is 3.36. The fraction of sp³-hybridized carbons (Fsp3) is 0.417. The molecule has 0 spiro atoms. The van der Waals surface area contributed by atoms with Gasteiger partial charge in [0.1, 0.15) is 0 Å². The van der Waals surface area contributed by atoms with Crippen LogP contribution >= 0.6 is 0 Å². The first kappa shape index (κ1) is 13.5. The number of carbonyl (C=O) groups is 1. The lowest BCUT2D eigenvalue weighted by molar-refractivity contribution is -0.137. The van der Waals surface area contributed by atoms with Crippen molar-refractivity contribution in [3.8, 4) is 0 Å². The summed E-state index contributed by atoms with van der Waals surface area (Å²) in [6, 6.07) is 3.67. The van der Waals surface area contributed by atoms with Crippen molar-refractivity contribution in [2.75, 3.05) is 19.0 Å². The number of halogens is 3. The van der Waals surface area contributed by atoms with E-state index in [1.165, 1.54) is 31.1 Å². The Morgan fingerprint density at radius 2 is 1.88 bits per heavy atom. The van der Waals surface area contributed by atoms with E-state index in [2.05, 4.69) is 0 Å². The quantitative estimate of drug-likeness (QED) is 0.761. The summed E-state index contributed by atoms with van der Waals surface area (Å²) in [4.78, 5) is 12.8. The van der Waals surface area contributed by atoms with E-state index in [0.717, 1.165) is 6.07 Å². The van der Waals surface area contributed by atoms with Crippen molar-refractivity contribution in [3.05, 3.63) is 29.3 Å². The van der Waals surface area contributed by atoms with Crippen LogP contribution < -0.4 is 4.90 Å². The van der Waals surface area contributed by atoms with E-state index in [-0.39, 0.29) is 23.5 Å². The maximum absolute atomic E-state index is 12.8. The second kappa shape index (κ2) is 4.77. The van der Waals surface area contributed by atoms with Crippen molar-refractivity contribution in [2.24, 2.45) is 0 Å². The molecule has 0 aliphatic rings. The molecule has 0 aromatic heterocycles. The molecule has 0 N–H and O–H groups in total. The van der Waals surface area contributed by atoms with E-state index >= 15 is 0 Å². The van der Waals surface area contributed by atoms with Gasteiger partial charge in [-0.2, -0.15) is 13.2 Å². The molecule has 0 bridgehead atoms. The lowest BCUT2D eigenvalue weighted by Gasteiger charge is -2.19. The highest BCUT2D eigenvalue weighted by atomic mass is 19.4. The first-order valence-electron chi connectivity index (χ1n) is 5.19. The standard InChI is InChI=1S/C12H14F3NO/c1-4-11(17)8-5-6-10(16(2)3)9(7-8)12(13,14)15/h5-7H,4H2,1-3H3. The molecule has 0 saturated heterocycles. The van der Waals surface area contributed by atoms with Crippen LogP contribution in [-0.2, 0) is 6.18 Å². The summed E-state index contributed by atoms with van der Waals surface area (Å²) in [6.07, 6.45) is -4.26. The normalized spacial score (nSPS) is 11.4. The second-order valence-corrected chi connectivity index (χ2v) is 3.90. The minimum atomic E-state index is -4.45. The molecular weight excluding hydrogens is 231 g/mol. The van der Waals surface area contributed by atoms with Gasteiger partial charge >= 0.3 is 6.18 Å². The van der Waals surface area contributed by atoms with Gasteiger partial charge in [0.15, 0.2) is 5.78 Å². The topological polar surface area (TPSA) is 20.3 Å². The summed E-state index contributed by atoms with van der Waals surface area (Å²) >= 11 is 0. The van der Waals surface area contributed by atoms with Crippen LogP contribution in [0.3, 0.4) is 0 Å². The van der Waals surface area contributed by atoms with Crippen molar-refractivity contribution in [1.82, 2.24) is 0 Å². The average Bonchev–Trinajstić information content (AvgIpc) is 2.25. The number of carbonyl (C=O) groups excluding carboxylic acids is 1. The number of Topliss-reactive ketones (excluding diaryl/α,β-unsaturated/α-hetero) is 1. The number of hydrogen-bond donors (Lipinski definition) is 0. The molecule has 0 aliphatic heterocycles. The number of benzene rings is 1. The maximum atomic E-state index is 12.8. The highest BCUT2D eigenvalue weighted by Gasteiger charge is 2.34. The Bertz CT molecular complexity index is 424. The Kier molecular flexibility index (Phi) is 3.80. The zero-order valence-electron chi connectivity index (χ0n) is 9.93. The Balaban J connectivity index is 3.35. The largest absolute Gasteiger partial charge is 0.418 e. The van der Waals surface area contributed by atoms with Crippen molar-refractivity contribution in [3.63, 3.8) is 0 Å². The molecule has 0 atom stereocenters. The van der Waals surface area contributed by atoms with Gasteiger partial charge in [-0.05, 0) is 18.2 Å². The number of hydrogen-bond acceptors (Lipinski definition) is 2. The van der Waals surface area contributed by atoms with Crippen LogP contribution in [0.2, 0.25) is 0 Å². The van der Waals surface area contributed by atoms with Crippen molar-refractivity contribution < 1.29 is 18.0 Å². The summed E-state index contributed by atoms with van der Waals surface area (Å²) in [7, 11) is 3.07. The Hall–Kier alpha value is -1.52. The molecule has 17 heavy (non-hydrogen) atoms. The molecule has 2 nitrogen and oxygen atoms in total. The number of alkyl halides is 3. The molecule has 5 heteroatoms. The van der Waals surface area contributed by atoms with Crippen LogP contribution in [0, 0.1) is 0 Å².